The van der Waals surface area contributed by atoms with Crippen molar-refractivity contribution in [2.24, 2.45) is 0 Å². The van der Waals surface area contributed by atoms with E-state index in [1.807, 2.05) is 0 Å². The first-order chi connectivity index (χ1) is 9.97. The molecule has 0 saturated carbocycles. The van der Waals surface area contributed by atoms with Crippen LogP contribution in [0.5, 0.6) is 0 Å². The Bertz CT molecular complexity index is 825. The molecule has 5 heteroatoms. The topological polar surface area (TPSA) is 17.8 Å². The number of hydrogen-bond acceptors (Lipinski definition) is 1. The van der Waals surface area contributed by atoms with Gasteiger partial charge in [-0.15, -0.1) is 11.6 Å². The van der Waals surface area contributed by atoms with E-state index in [9.17, 15) is 8.78 Å². The molecule has 3 aromatic rings. The highest BCUT2D eigenvalue weighted by atomic mass is 35.5. The molecule has 0 amide bonds. The Labute approximate surface area is 126 Å². The minimum atomic E-state index is -0.356. The van der Waals surface area contributed by atoms with E-state index in [1.54, 1.807) is 36.6 Å². The summed E-state index contributed by atoms with van der Waals surface area (Å²) in [7, 11) is 0. The average molecular weight is 307 g/mol. The highest BCUT2D eigenvalue weighted by molar-refractivity contribution is 6.20. The fourth-order valence-corrected chi connectivity index (χ4v) is 2.52. The Morgan fingerprint density at radius 2 is 1.90 bits per heavy atom. The fourth-order valence-electron chi connectivity index (χ4n) is 2.37. The van der Waals surface area contributed by atoms with E-state index in [-0.39, 0.29) is 17.0 Å². The van der Waals surface area contributed by atoms with Crippen molar-refractivity contribution in [2.45, 2.75) is 19.2 Å². The summed E-state index contributed by atoms with van der Waals surface area (Å²) < 4.78 is 28.8. The predicted molar refractivity (Wildman–Crippen MR) is 80.0 cm³/mol. The molecule has 2 nitrogen and oxygen atoms in total. The molecular formula is C16H13ClF2N2. The molecule has 0 fully saturated rings. The second kappa shape index (κ2) is 5.11. The van der Waals surface area contributed by atoms with Gasteiger partial charge in [-0.2, -0.15) is 0 Å². The monoisotopic (exact) mass is 306 g/mol. The van der Waals surface area contributed by atoms with Crippen LogP contribution in [-0.2, 0) is 0 Å². The number of aromatic nitrogens is 2. The Morgan fingerprint density at radius 3 is 2.57 bits per heavy atom. The smallest absolute Gasteiger partial charge is 0.132 e. The van der Waals surface area contributed by atoms with Crippen LogP contribution < -0.4 is 0 Å². The molecule has 21 heavy (non-hydrogen) atoms. The van der Waals surface area contributed by atoms with E-state index < -0.39 is 0 Å². The van der Waals surface area contributed by atoms with Gasteiger partial charge in [-0.3, -0.25) is 4.57 Å². The van der Waals surface area contributed by atoms with Crippen molar-refractivity contribution in [1.29, 1.82) is 0 Å². The van der Waals surface area contributed by atoms with Crippen molar-refractivity contribution >= 4 is 22.6 Å². The van der Waals surface area contributed by atoms with E-state index >= 15 is 0 Å². The molecule has 1 unspecified atom stereocenters. The molecule has 108 valence electrons. The molecule has 1 atom stereocenters. The summed E-state index contributed by atoms with van der Waals surface area (Å²) in [6.45, 7) is 3.48. The lowest BCUT2D eigenvalue weighted by atomic mass is 10.2. The van der Waals surface area contributed by atoms with Gasteiger partial charge in [0.25, 0.3) is 0 Å². The summed E-state index contributed by atoms with van der Waals surface area (Å²) in [4.78, 5) is 4.45. The summed E-state index contributed by atoms with van der Waals surface area (Å²) in [5.74, 6) is -0.0330. The van der Waals surface area contributed by atoms with E-state index in [0.717, 1.165) is 0 Å². The maximum absolute atomic E-state index is 13.6. The molecule has 0 saturated heterocycles. The van der Waals surface area contributed by atoms with Gasteiger partial charge in [0.15, 0.2) is 0 Å². The quantitative estimate of drug-likeness (QED) is 0.615. The van der Waals surface area contributed by atoms with Gasteiger partial charge in [-0.05, 0) is 49.7 Å². The van der Waals surface area contributed by atoms with Gasteiger partial charge < -0.3 is 0 Å². The molecule has 2 aromatic carbocycles. The van der Waals surface area contributed by atoms with Gasteiger partial charge >= 0.3 is 0 Å². The summed E-state index contributed by atoms with van der Waals surface area (Å²) >= 11 is 6.19. The van der Waals surface area contributed by atoms with Crippen molar-refractivity contribution in [3.8, 4) is 5.69 Å². The minimum absolute atomic E-state index is 0.283. The van der Waals surface area contributed by atoms with Crippen LogP contribution in [0.15, 0.2) is 36.4 Å². The molecule has 0 aliphatic heterocycles. The number of benzene rings is 2. The molecule has 0 aliphatic rings. The first-order valence-corrected chi connectivity index (χ1v) is 6.99. The third-order valence-corrected chi connectivity index (χ3v) is 3.59. The molecule has 0 aliphatic carbocycles. The molecule has 0 N–H and O–H groups in total. The van der Waals surface area contributed by atoms with Crippen molar-refractivity contribution in [1.82, 2.24) is 9.55 Å². The van der Waals surface area contributed by atoms with Crippen LogP contribution in [-0.4, -0.2) is 9.55 Å². The van der Waals surface area contributed by atoms with Gasteiger partial charge in [0.2, 0.25) is 0 Å². The average Bonchev–Trinajstić information content (AvgIpc) is 2.80. The van der Waals surface area contributed by atoms with Crippen LogP contribution in [0.1, 0.15) is 23.7 Å². The minimum Gasteiger partial charge on any atom is -0.295 e. The van der Waals surface area contributed by atoms with E-state index in [0.29, 0.717) is 28.1 Å². The lowest BCUT2D eigenvalue weighted by Gasteiger charge is -2.11. The van der Waals surface area contributed by atoms with Gasteiger partial charge in [-0.1, -0.05) is 0 Å². The third kappa shape index (κ3) is 2.40. The van der Waals surface area contributed by atoms with Gasteiger partial charge in [0.05, 0.1) is 16.4 Å². The molecule has 0 spiro atoms. The number of halogens is 3. The zero-order chi connectivity index (χ0) is 15.1. The predicted octanol–water partition coefficient (Wildman–Crippen LogP) is 4.91. The van der Waals surface area contributed by atoms with Crippen LogP contribution in [0.2, 0.25) is 0 Å². The Morgan fingerprint density at radius 1 is 1.14 bits per heavy atom. The van der Waals surface area contributed by atoms with Gasteiger partial charge in [0, 0.05) is 11.8 Å². The summed E-state index contributed by atoms with van der Waals surface area (Å²) in [5, 5.41) is -0.356. The lowest BCUT2D eigenvalue weighted by Crippen LogP contribution is -2.02. The zero-order valence-electron chi connectivity index (χ0n) is 11.6. The summed E-state index contributed by atoms with van der Waals surface area (Å²) in [5.41, 5.74) is 2.49. The molecule has 0 radical (unpaired) electrons. The number of alkyl halides is 1. The van der Waals surface area contributed by atoms with E-state index in [1.165, 1.54) is 18.2 Å². The largest absolute Gasteiger partial charge is 0.295 e. The molecule has 1 aromatic heterocycles. The fraction of sp³-hybridized carbons (Fsp3) is 0.188. The molecule has 1 heterocycles. The number of aryl methyl sites for hydroxylation is 1. The van der Waals surface area contributed by atoms with Crippen molar-refractivity contribution in [3.05, 3.63) is 59.4 Å². The van der Waals surface area contributed by atoms with Crippen LogP contribution >= 0.6 is 11.6 Å². The van der Waals surface area contributed by atoms with Crippen LogP contribution in [0.4, 0.5) is 8.78 Å². The second-order valence-corrected chi connectivity index (χ2v) is 5.64. The van der Waals surface area contributed by atoms with Gasteiger partial charge in [-0.25, -0.2) is 13.8 Å². The lowest BCUT2D eigenvalue weighted by molar-refractivity contribution is 0.618. The van der Waals surface area contributed by atoms with Crippen molar-refractivity contribution in [2.75, 3.05) is 0 Å². The van der Waals surface area contributed by atoms with Crippen LogP contribution in [0.3, 0.4) is 0 Å². The number of rotatable bonds is 2. The Hall–Kier alpha value is -1.94. The van der Waals surface area contributed by atoms with Crippen LogP contribution in [0.25, 0.3) is 16.7 Å². The standard InChI is InChI=1S/C16H13ClF2N2/c1-9-7-12(4-5-13(9)19)21-15-8-11(18)3-6-14(15)20-16(21)10(2)17/h3-8,10H,1-2H3. The van der Waals surface area contributed by atoms with Crippen LogP contribution in [0, 0.1) is 18.6 Å². The molecule has 3 rings (SSSR count). The summed E-state index contributed by atoms with van der Waals surface area (Å²) in [6.07, 6.45) is 0. The Balaban J connectivity index is 2.35. The first-order valence-electron chi connectivity index (χ1n) is 6.56. The number of hydrogen-bond donors (Lipinski definition) is 0. The third-order valence-electron chi connectivity index (χ3n) is 3.40. The van der Waals surface area contributed by atoms with Crippen molar-refractivity contribution < 1.29 is 8.78 Å². The second-order valence-electron chi connectivity index (χ2n) is 4.99. The van der Waals surface area contributed by atoms with E-state index in [4.69, 9.17) is 11.6 Å². The normalized spacial score (nSPS) is 12.8. The number of imidazole rings is 1. The Kier molecular flexibility index (Phi) is 3.41. The zero-order valence-corrected chi connectivity index (χ0v) is 12.3. The number of fused-ring (bicyclic) bond motifs is 1. The highest BCUT2D eigenvalue weighted by Gasteiger charge is 2.17. The highest BCUT2D eigenvalue weighted by Crippen LogP contribution is 2.29. The van der Waals surface area contributed by atoms with Crippen molar-refractivity contribution in [3.63, 3.8) is 0 Å². The maximum atomic E-state index is 13.6. The number of nitrogens with zero attached hydrogens (tertiary/aromatic N) is 2. The molecular weight excluding hydrogens is 294 g/mol. The SMILES string of the molecule is Cc1cc(-n2c(C(C)Cl)nc3ccc(F)cc32)ccc1F. The maximum Gasteiger partial charge on any atom is 0.132 e. The molecule has 0 bridgehead atoms. The van der Waals surface area contributed by atoms with Gasteiger partial charge in [0.1, 0.15) is 17.5 Å². The first kappa shape index (κ1) is 14.0. The van der Waals surface area contributed by atoms with E-state index in [2.05, 4.69) is 4.98 Å². The summed E-state index contributed by atoms with van der Waals surface area (Å²) in [6, 6.07) is 9.10.